The van der Waals surface area contributed by atoms with Gasteiger partial charge in [-0.2, -0.15) is 0 Å². The predicted octanol–water partition coefficient (Wildman–Crippen LogP) is 0.459. The Hall–Kier alpha value is -1.30. The molecule has 2 fully saturated rings. The summed E-state index contributed by atoms with van der Waals surface area (Å²) < 4.78 is 5.20. The standard InChI is InChI=1S/C13H23N3O3/c1-13(2,3)19-12(18)15-10(8-4-5-8)11(17)16-6-9(14)7-16/h8-10H,4-7,14H2,1-3H3,(H,15,18)/t10-/m1/s1. The van der Waals surface area contributed by atoms with Crippen molar-refractivity contribution in [1.82, 2.24) is 10.2 Å². The Morgan fingerprint density at radius 2 is 1.89 bits per heavy atom. The molecule has 1 saturated heterocycles. The number of amides is 2. The van der Waals surface area contributed by atoms with Crippen LogP contribution in [0.1, 0.15) is 33.6 Å². The highest BCUT2D eigenvalue weighted by molar-refractivity contribution is 5.87. The summed E-state index contributed by atoms with van der Waals surface area (Å²) in [6.07, 6.45) is 1.43. The molecule has 2 rings (SSSR count). The van der Waals surface area contributed by atoms with E-state index in [1.807, 2.05) is 0 Å². The van der Waals surface area contributed by atoms with Gasteiger partial charge in [0.25, 0.3) is 0 Å². The topological polar surface area (TPSA) is 84.7 Å². The zero-order valence-electron chi connectivity index (χ0n) is 11.8. The van der Waals surface area contributed by atoms with Crippen molar-refractivity contribution in [3.63, 3.8) is 0 Å². The molecule has 0 spiro atoms. The van der Waals surface area contributed by atoms with Gasteiger partial charge in [0.05, 0.1) is 0 Å². The van der Waals surface area contributed by atoms with E-state index in [4.69, 9.17) is 10.5 Å². The van der Waals surface area contributed by atoms with Gasteiger partial charge in [-0.15, -0.1) is 0 Å². The number of nitrogens with zero attached hydrogens (tertiary/aromatic N) is 1. The summed E-state index contributed by atoms with van der Waals surface area (Å²) in [5, 5.41) is 2.71. The highest BCUT2D eigenvalue weighted by atomic mass is 16.6. The lowest BCUT2D eigenvalue weighted by Gasteiger charge is -2.39. The van der Waals surface area contributed by atoms with Gasteiger partial charge in [-0.25, -0.2) is 4.79 Å². The summed E-state index contributed by atoms with van der Waals surface area (Å²) >= 11 is 0. The highest BCUT2D eigenvalue weighted by Gasteiger charge is 2.42. The molecular weight excluding hydrogens is 246 g/mol. The third-order valence-corrected chi connectivity index (χ3v) is 3.25. The van der Waals surface area contributed by atoms with Crippen molar-refractivity contribution in [3.8, 4) is 0 Å². The lowest BCUT2D eigenvalue weighted by molar-refractivity contribution is -0.138. The maximum atomic E-state index is 12.3. The zero-order chi connectivity index (χ0) is 14.2. The van der Waals surface area contributed by atoms with E-state index in [0.29, 0.717) is 13.1 Å². The Bertz CT molecular complexity index is 368. The molecule has 2 amide bonds. The summed E-state index contributed by atoms with van der Waals surface area (Å²) in [7, 11) is 0. The number of hydrogen-bond acceptors (Lipinski definition) is 4. The van der Waals surface area contributed by atoms with E-state index in [-0.39, 0.29) is 17.9 Å². The van der Waals surface area contributed by atoms with Crippen LogP contribution in [0.2, 0.25) is 0 Å². The van der Waals surface area contributed by atoms with Crippen molar-refractivity contribution in [2.24, 2.45) is 11.7 Å². The average molecular weight is 269 g/mol. The Balaban J connectivity index is 1.89. The summed E-state index contributed by atoms with van der Waals surface area (Å²) in [4.78, 5) is 25.7. The third-order valence-electron chi connectivity index (χ3n) is 3.25. The molecule has 6 heteroatoms. The first-order valence-corrected chi connectivity index (χ1v) is 6.80. The number of nitrogens with two attached hydrogens (primary N) is 1. The Morgan fingerprint density at radius 1 is 1.32 bits per heavy atom. The predicted molar refractivity (Wildman–Crippen MR) is 70.4 cm³/mol. The first-order chi connectivity index (χ1) is 8.76. The summed E-state index contributed by atoms with van der Waals surface area (Å²) in [6, 6.07) is -0.382. The van der Waals surface area contributed by atoms with Crippen molar-refractivity contribution in [2.45, 2.75) is 51.3 Å². The third kappa shape index (κ3) is 3.83. The van der Waals surface area contributed by atoms with E-state index in [0.717, 1.165) is 12.8 Å². The Labute approximate surface area is 113 Å². The number of ether oxygens (including phenoxy) is 1. The summed E-state index contributed by atoms with van der Waals surface area (Å²) in [6.45, 7) is 6.56. The molecule has 2 aliphatic rings. The van der Waals surface area contributed by atoms with Gasteiger partial charge in [-0.3, -0.25) is 4.79 Å². The highest BCUT2D eigenvalue weighted by Crippen LogP contribution is 2.34. The van der Waals surface area contributed by atoms with Crippen LogP contribution in [0, 0.1) is 5.92 Å². The molecule has 6 nitrogen and oxygen atoms in total. The van der Waals surface area contributed by atoms with Gasteiger partial charge in [0.15, 0.2) is 0 Å². The monoisotopic (exact) mass is 269 g/mol. The Kier molecular flexibility index (Phi) is 3.71. The van der Waals surface area contributed by atoms with Gasteiger partial charge in [-0.05, 0) is 39.5 Å². The minimum absolute atomic E-state index is 0.0324. The molecule has 0 aromatic carbocycles. The largest absolute Gasteiger partial charge is 0.444 e. The van der Waals surface area contributed by atoms with Crippen LogP contribution in [0.3, 0.4) is 0 Å². The number of rotatable bonds is 3. The molecule has 1 atom stereocenters. The number of alkyl carbamates (subject to hydrolysis) is 1. The van der Waals surface area contributed by atoms with Gasteiger partial charge in [0, 0.05) is 19.1 Å². The number of hydrogen-bond donors (Lipinski definition) is 2. The van der Waals surface area contributed by atoms with Crippen LogP contribution >= 0.6 is 0 Å². The zero-order valence-corrected chi connectivity index (χ0v) is 11.8. The molecule has 1 aliphatic heterocycles. The van der Waals surface area contributed by atoms with Gasteiger partial charge >= 0.3 is 6.09 Å². The number of nitrogens with one attached hydrogen (secondary N) is 1. The van der Waals surface area contributed by atoms with E-state index in [1.54, 1.807) is 25.7 Å². The van der Waals surface area contributed by atoms with Crippen molar-refractivity contribution < 1.29 is 14.3 Å². The molecule has 1 saturated carbocycles. The quantitative estimate of drug-likeness (QED) is 0.779. The lowest BCUT2D eigenvalue weighted by atomic mass is 10.1. The minimum atomic E-state index is -0.555. The normalized spacial score (nSPS) is 21.6. The fourth-order valence-electron chi connectivity index (χ4n) is 2.13. The van der Waals surface area contributed by atoms with Crippen molar-refractivity contribution >= 4 is 12.0 Å². The second-order valence-electron chi connectivity index (χ2n) is 6.46. The van der Waals surface area contributed by atoms with E-state index >= 15 is 0 Å². The second-order valence-corrected chi connectivity index (χ2v) is 6.46. The van der Waals surface area contributed by atoms with Crippen LogP contribution < -0.4 is 11.1 Å². The number of likely N-dealkylation sites (tertiary alicyclic amines) is 1. The molecule has 1 aliphatic carbocycles. The molecule has 3 N–H and O–H groups in total. The van der Waals surface area contributed by atoms with E-state index in [1.165, 1.54) is 0 Å². The van der Waals surface area contributed by atoms with Crippen LogP contribution in [0.4, 0.5) is 4.79 Å². The van der Waals surface area contributed by atoms with Crippen molar-refractivity contribution in [1.29, 1.82) is 0 Å². The minimum Gasteiger partial charge on any atom is -0.444 e. The maximum absolute atomic E-state index is 12.3. The fraction of sp³-hybridized carbons (Fsp3) is 0.846. The molecule has 0 radical (unpaired) electrons. The number of carbonyl (C=O) groups excluding carboxylic acids is 2. The number of carbonyl (C=O) groups is 2. The summed E-state index contributed by atoms with van der Waals surface area (Å²) in [5.41, 5.74) is 5.12. The van der Waals surface area contributed by atoms with Gasteiger partial charge < -0.3 is 20.7 Å². The molecule has 108 valence electrons. The fourth-order valence-corrected chi connectivity index (χ4v) is 2.13. The van der Waals surface area contributed by atoms with Crippen molar-refractivity contribution in [2.75, 3.05) is 13.1 Å². The molecule has 0 aromatic rings. The summed E-state index contributed by atoms with van der Waals surface area (Å²) in [5.74, 6) is 0.215. The van der Waals surface area contributed by atoms with Crippen molar-refractivity contribution in [3.05, 3.63) is 0 Å². The van der Waals surface area contributed by atoms with Crippen LogP contribution in [-0.2, 0) is 9.53 Å². The first kappa shape index (κ1) is 14.1. The van der Waals surface area contributed by atoms with Crippen LogP contribution in [0.5, 0.6) is 0 Å². The second kappa shape index (κ2) is 5.00. The molecular formula is C13H23N3O3. The van der Waals surface area contributed by atoms with Gasteiger partial charge in [0.2, 0.25) is 5.91 Å². The smallest absolute Gasteiger partial charge is 0.408 e. The van der Waals surface area contributed by atoms with Crippen LogP contribution in [0.15, 0.2) is 0 Å². The SMILES string of the molecule is CC(C)(C)OC(=O)N[C@@H](C(=O)N1CC(N)C1)C1CC1. The first-order valence-electron chi connectivity index (χ1n) is 6.80. The van der Waals surface area contributed by atoms with Gasteiger partial charge in [0.1, 0.15) is 11.6 Å². The van der Waals surface area contributed by atoms with E-state index < -0.39 is 17.7 Å². The molecule has 0 aromatic heterocycles. The van der Waals surface area contributed by atoms with Gasteiger partial charge in [-0.1, -0.05) is 0 Å². The lowest BCUT2D eigenvalue weighted by Crippen LogP contribution is -2.62. The average Bonchev–Trinajstić information content (AvgIpc) is 3.01. The van der Waals surface area contributed by atoms with Crippen LogP contribution in [-0.4, -0.2) is 47.7 Å². The molecule has 0 bridgehead atoms. The Morgan fingerprint density at radius 3 is 2.32 bits per heavy atom. The van der Waals surface area contributed by atoms with Crippen LogP contribution in [0.25, 0.3) is 0 Å². The molecule has 19 heavy (non-hydrogen) atoms. The molecule has 0 unspecified atom stereocenters. The maximum Gasteiger partial charge on any atom is 0.408 e. The van der Waals surface area contributed by atoms with E-state index in [9.17, 15) is 9.59 Å². The van der Waals surface area contributed by atoms with E-state index in [2.05, 4.69) is 5.32 Å². The molecule has 1 heterocycles.